The number of pyridine rings is 1. The summed E-state index contributed by atoms with van der Waals surface area (Å²) >= 11 is 1.89. The minimum atomic E-state index is 1.18. The summed E-state index contributed by atoms with van der Waals surface area (Å²) < 4.78 is 7.53. The summed E-state index contributed by atoms with van der Waals surface area (Å²) in [5.74, 6) is 0. The van der Waals surface area contributed by atoms with Gasteiger partial charge in [0, 0.05) is 64.4 Å². The molecule has 4 heterocycles. The van der Waals surface area contributed by atoms with E-state index in [0.717, 1.165) is 0 Å². The van der Waals surface area contributed by atoms with Crippen molar-refractivity contribution in [3.63, 3.8) is 0 Å². The van der Waals surface area contributed by atoms with E-state index < -0.39 is 0 Å². The molecule has 0 fully saturated rings. The Morgan fingerprint density at radius 3 is 2.02 bits per heavy atom. The lowest BCUT2D eigenvalue weighted by Crippen LogP contribution is -1.94. The summed E-state index contributed by atoms with van der Waals surface area (Å²) in [6.07, 6.45) is 2.32. The van der Waals surface area contributed by atoms with E-state index in [1.54, 1.807) is 0 Å². The van der Waals surface area contributed by atoms with Gasteiger partial charge in [-0.1, -0.05) is 78.9 Å². The van der Waals surface area contributed by atoms with Crippen molar-refractivity contribution in [2.24, 2.45) is 0 Å². The molecule has 10 aromatic rings. The molecule has 2 nitrogen and oxygen atoms in total. The fourth-order valence-electron chi connectivity index (χ4n) is 7.09. The van der Waals surface area contributed by atoms with Gasteiger partial charge in [0.05, 0.1) is 22.1 Å². The molecule has 0 unspecified atom stereocenters. The molecule has 0 saturated carbocycles. The highest BCUT2D eigenvalue weighted by Gasteiger charge is 2.19. The van der Waals surface area contributed by atoms with Gasteiger partial charge in [0.15, 0.2) is 0 Å². The van der Waals surface area contributed by atoms with E-state index in [-0.39, 0.29) is 0 Å². The minimum absolute atomic E-state index is 1.18. The number of para-hydroxylation sites is 2. The van der Waals surface area contributed by atoms with Gasteiger partial charge in [-0.25, -0.2) is 0 Å². The van der Waals surface area contributed by atoms with Crippen molar-refractivity contribution >= 4 is 91.3 Å². The van der Waals surface area contributed by atoms with Crippen LogP contribution in [0.25, 0.3) is 85.6 Å². The van der Waals surface area contributed by atoms with Gasteiger partial charge in [-0.15, -0.1) is 11.3 Å². The van der Waals surface area contributed by atoms with Gasteiger partial charge >= 0.3 is 0 Å². The first-order valence-electron chi connectivity index (χ1n) is 14.0. The zero-order valence-corrected chi connectivity index (χ0v) is 22.8. The lowest BCUT2D eigenvalue weighted by atomic mass is 9.99. The number of thiophene rings is 1. The molecule has 41 heavy (non-hydrogen) atoms. The SMILES string of the molecule is c1ccc(-n2c3ccccc3c3cc4c(cc32)c2cc3c(cc2n2cc5ccccc5c42)sc2ccccc23)cc1. The van der Waals surface area contributed by atoms with Crippen molar-refractivity contribution in [2.45, 2.75) is 0 Å². The van der Waals surface area contributed by atoms with E-state index in [9.17, 15) is 0 Å². The normalized spacial score (nSPS) is 12.4. The maximum Gasteiger partial charge on any atom is 0.0613 e. The van der Waals surface area contributed by atoms with Crippen LogP contribution >= 0.6 is 11.3 Å². The molecular weight excluding hydrogens is 516 g/mol. The number of rotatable bonds is 1. The molecule has 190 valence electrons. The van der Waals surface area contributed by atoms with Crippen molar-refractivity contribution in [3.8, 4) is 5.69 Å². The topological polar surface area (TPSA) is 9.34 Å². The maximum absolute atomic E-state index is 2.45. The molecule has 0 aliphatic carbocycles. The molecule has 0 atom stereocenters. The Morgan fingerprint density at radius 1 is 0.415 bits per heavy atom. The number of fused-ring (bicyclic) bond motifs is 14. The highest BCUT2D eigenvalue weighted by atomic mass is 32.1. The minimum Gasteiger partial charge on any atom is -0.315 e. The quantitative estimate of drug-likeness (QED) is 0.184. The van der Waals surface area contributed by atoms with Crippen LogP contribution in [0.2, 0.25) is 0 Å². The van der Waals surface area contributed by atoms with Gasteiger partial charge in [-0.2, -0.15) is 0 Å². The summed E-state index contributed by atoms with van der Waals surface area (Å²) in [5.41, 5.74) is 6.19. The highest BCUT2D eigenvalue weighted by Crippen LogP contribution is 2.43. The average molecular weight is 539 g/mol. The van der Waals surface area contributed by atoms with E-state index >= 15 is 0 Å². The molecule has 0 N–H and O–H groups in total. The first-order valence-corrected chi connectivity index (χ1v) is 14.8. The monoisotopic (exact) mass is 538 g/mol. The van der Waals surface area contributed by atoms with Gasteiger partial charge in [0.25, 0.3) is 0 Å². The Bertz CT molecular complexity index is 2690. The van der Waals surface area contributed by atoms with E-state index in [4.69, 9.17) is 0 Å². The Balaban J connectivity index is 1.50. The van der Waals surface area contributed by atoms with Crippen LogP contribution in [0.1, 0.15) is 0 Å². The third kappa shape index (κ3) is 2.81. The Hall–Kier alpha value is -5.12. The third-order valence-electron chi connectivity index (χ3n) is 8.85. The largest absolute Gasteiger partial charge is 0.315 e. The molecular formula is C38H22N2S. The van der Waals surface area contributed by atoms with E-state index in [0.29, 0.717) is 0 Å². The van der Waals surface area contributed by atoms with Crippen LogP contribution in [-0.2, 0) is 0 Å². The highest BCUT2D eigenvalue weighted by molar-refractivity contribution is 7.25. The van der Waals surface area contributed by atoms with Gasteiger partial charge in [0.2, 0.25) is 0 Å². The summed E-state index contributed by atoms with van der Waals surface area (Å²) in [6, 6.07) is 46.9. The van der Waals surface area contributed by atoms with E-state index in [1.165, 1.54) is 85.6 Å². The second kappa shape index (κ2) is 7.75. The summed E-state index contributed by atoms with van der Waals surface area (Å²) in [5, 5.41) is 11.7. The van der Waals surface area contributed by atoms with Crippen molar-refractivity contribution in [1.82, 2.24) is 8.97 Å². The van der Waals surface area contributed by atoms with Crippen LogP contribution in [0.4, 0.5) is 0 Å². The van der Waals surface area contributed by atoms with Crippen molar-refractivity contribution in [3.05, 3.63) is 134 Å². The Labute approximate surface area is 238 Å². The third-order valence-corrected chi connectivity index (χ3v) is 9.98. The zero-order valence-electron chi connectivity index (χ0n) is 22.0. The number of hydrogen-bond donors (Lipinski definition) is 0. The first kappa shape index (κ1) is 21.7. The van der Waals surface area contributed by atoms with Gasteiger partial charge < -0.3 is 8.97 Å². The van der Waals surface area contributed by atoms with Gasteiger partial charge in [0.1, 0.15) is 0 Å². The molecule has 0 aliphatic heterocycles. The van der Waals surface area contributed by atoms with Crippen LogP contribution < -0.4 is 0 Å². The standard InChI is InChI=1S/C38H22N2S/c1-2-11-24(12-3-1)40-33-16-8-6-14-26(33)29-19-32-28(20-35(29)40)30-18-31-27-15-7-9-17-36(27)41-37(31)21-34(30)39-22-23-10-4-5-13-25(23)38(32)39/h1-22H. The summed E-state index contributed by atoms with van der Waals surface area (Å²) in [7, 11) is 0. The predicted octanol–water partition coefficient (Wildman–Crippen LogP) is 10.9. The lowest BCUT2D eigenvalue weighted by molar-refractivity contribution is 1.18. The van der Waals surface area contributed by atoms with Crippen LogP contribution in [0.5, 0.6) is 0 Å². The smallest absolute Gasteiger partial charge is 0.0613 e. The molecule has 0 amide bonds. The number of aromatic nitrogens is 2. The Morgan fingerprint density at radius 2 is 1.12 bits per heavy atom. The first-order chi connectivity index (χ1) is 20.3. The molecule has 10 rings (SSSR count). The van der Waals surface area contributed by atoms with Crippen LogP contribution in [0.3, 0.4) is 0 Å². The maximum atomic E-state index is 2.45. The molecule has 0 radical (unpaired) electrons. The average Bonchev–Trinajstić information content (AvgIpc) is 3.69. The molecule has 0 saturated heterocycles. The second-order valence-corrected chi connectivity index (χ2v) is 12.1. The number of nitrogens with zero attached hydrogens (tertiary/aromatic N) is 2. The molecule has 3 heteroatoms. The van der Waals surface area contributed by atoms with Crippen LogP contribution in [0.15, 0.2) is 134 Å². The predicted molar refractivity (Wildman–Crippen MR) is 177 cm³/mol. The second-order valence-electron chi connectivity index (χ2n) is 11.0. The lowest BCUT2D eigenvalue weighted by Gasteiger charge is -2.12. The van der Waals surface area contributed by atoms with Crippen molar-refractivity contribution in [1.29, 1.82) is 0 Å². The van der Waals surface area contributed by atoms with Crippen molar-refractivity contribution < 1.29 is 0 Å². The summed E-state index contributed by atoms with van der Waals surface area (Å²) in [4.78, 5) is 0. The molecule has 6 aromatic carbocycles. The number of hydrogen-bond acceptors (Lipinski definition) is 1. The van der Waals surface area contributed by atoms with Gasteiger partial charge in [-0.05, 0) is 53.9 Å². The molecule has 0 aliphatic rings. The molecule has 0 spiro atoms. The fourth-order valence-corrected chi connectivity index (χ4v) is 8.21. The summed E-state index contributed by atoms with van der Waals surface area (Å²) in [6.45, 7) is 0. The Kier molecular flexibility index (Phi) is 4.10. The molecule has 4 aromatic heterocycles. The number of benzene rings is 6. The molecule has 0 bridgehead atoms. The van der Waals surface area contributed by atoms with E-state index in [2.05, 4.69) is 143 Å². The fraction of sp³-hybridized carbons (Fsp3) is 0. The van der Waals surface area contributed by atoms with Gasteiger partial charge in [-0.3, -0.25) is 0 Å². The van der Waals surface area contributed by atoms with Crippen LogP contribution in [0, 0.1) is 0 Å². The van der Waals surface area contributed by atoms with Crippen LogP contribution in [-0.4, -0.2) is 8.97 Å². The van der Waals surface area contributed by atoms with Crippen molar-refractivity contribution in [2.75, 3.05) is 0 Å². The van der Waals surface area contributed by atoms with E-state index in [1.807, 2.05) is 11.3 Å². The zero-order chi connectivity index (χ0) is 26.7.